The third-order valence-electron chi connectivity index (χ3n) is 5.02. The first kappa shape index (κ1) is 20.4. The van der Waals surface area contributed by atoms with Gasteiger partial charge in [-0.2, -0.15) is 0 Å². The van der Waals surface area contributed by atoms with Crippen LogP contribution in [0.2, 0.25) is 0 Å². The fourth-order valence-electron chi connectivity index (χ4n) is 3.43. The normalized spacial score (nSPS) is 17.6. The molecule has 0 unspecified atom stereocenters. The summed E-state index contributed by atoms with van der Waals surface area (Å²) in [6.07, 6.45) is 3.90. The van der Waals surface area contributed by atoms with Gasteiger partial charge in [0.15, 0.2) is 11.5 Å². The fraction of sp³-hybridized carbons (Fsp3) is 0.300. The Morgan fingerprint density at radius 3 is 2.16 bits per heavy atom. The smallest absolute Gasteiger partial charge is 0.311 e. The summed E-state index contributed by atoms with van der Waals surface area (Å²) in [5.41, 5.74) is 3.03. The number of hydrogen-bond acceptors (Lipinski definition) is 9. The first-order valence-corrected chi connectivity index (χ1v) is 9.48. The van der Waals surface area contributed by atoms with Crippen LogP contribution < -0.4 is 4.74 Å². The maximum absolute atomic E-state index is 11.0. The topological polar surface area (TPSA) is 150 Å². The number of fused-ring (bicyclic) bond motifs is 2. The van der Waals surface area contributed by atoms with Crippen LogP contribution in [-0.4, -0.2) is 46.7 Å². The zero-order valence-corrected chi connectivity index (χ0v) is 16.3. The van der Waals surface area contributed by atoms with Gasteiger partial charge < -0.3 is 14.6 Å². The van der Waals surface area contributed by atoms with Gasteiger partial charge in [-0.05, 0) is 23.3 Å². The highest BCUT2D eigenvalue weighted by Gasteiger charge is 2.25. The van der Waals surface area contributed by atoms with Crippen LogP contribution in [0.3, 0.4) is 0 Å². The maximum atomic E-state index is 11.0. The molecule has 0 bridgehead atoms. The van der Waals surface area contributed by atoms with Crippen molar-refractivity contribution in [3.63, 3.8) is 0 Å². The van der Waals surface area contributed by atoms with Gasteiger partial charge in [0.25, 0.3) is 0 Å². The third kappa shape index (κ3) is 4.36. The number of aromatic hydroxyl groups is 1. The predicted molar refractivity (Wildman–Crippen MR) is 110 cm³/mol. The molecule has 1 atom stereocenters. The summed E-state index contributed by atoms with van der Waals surface area (Å²) in [4.78, 5) is 28.5. The van der Waals surface area contributed by atoms with E-state index in [0.29, 0.717) is 37.6 Å². The molecule has 0 spiro atoms. The van der Waals surface area contributed by atoms with E-state index in [-0.39, 0.29) is 23.2 Å². The molecular weight excluding hydrogens is 408 g/mol. The quantitative estimate of drug-likeness (QED) is 0.583. The molecule has 1 fully saturated rings. The van der Waals surface area contributed by atoms with E-state index in [4.69, 9.17) is 9.47 Å². The number of nitro benzene ring substituents is 2. The van der Waals surface area contributed by atoms with Gasteiger partial charge in [-0.3, -0.25) is 30.2 Å². The zero-order valence-electron chi connectivity index (χ0n) is 16.3. The van der Waals surface area contributed by atoms with E-state index in [2.05, 4.69) is 9.98 Å². The SMILES string of the molecule is O=[N+]([O-])c1cc2c(cc1O)CN=C2.O=[N+]([O-])c1cc2c(cc1O[C@H]1CCOC1)CN=C2. The Bertz CT molecular complexity index is 1110. The second-order valence-corrected chi connectivity index (χ2v) is 7.12. The van der Waals surface area contributed by atoms with Crippen LogP contribution in [-0.2, 0) is 17.8 Å². The minimum absolute atomic E-state index is 0.00556. The second kappa shape index (κ2) is 8.48. The highest BCUT2D eigenvalue weighted by Crippen LogP contribution is 2.34. The van der Waals surface area contributed by atoms with E-state index >= 15 is 0 Å². The molecule has 11 nitrogen and oxygen atoms in total. The van der Waals surface area contributed by atoms with Crippen LogP contribution in [0.1, 0.15) is 28.7 Å². The van der Waals surface area contributed by atoms with Gasteiger partial charge in [0, 0.05) is 42.1 Å². The summed E-state index contributed by atoms with van der Waals surface area (Å²) in [7, 11) is 0. The van der Waals surface area contributed by atoms with Crippen LogP contribution in [0.25, 0.3) is 0 Å². The number of phenols is 1. The van der Waals surface area contributed by atoms with Crippen molar-refractivity contribution >= 4 is 23.8 Å². The summed E-state index contributed by atoms with van der Waals surface area (Å²) < 4.78 is 10.9. The number of hydrogen-bond donors (Lipinski definition) is 1. The number of aliphatic imine (C=N–C) groups is 2. The molecule has 5 rings (SSSR count). The Hall–Kier alpha value is -3.86. The van der Waals surface area contributed by atoms with Crippen molar-refractivity contribution < 1.29 is 24.4 Å². The van der Waals surface area contributed by atoms with E-state index in [1.54, 1.807) is 18.5 Å². The number of nitro groups is 2. The predicted octanol–water partition coefficient (Wildman–Crippen LogP) is 2.93. The fourth-order valence-corrected chi connectivity index (χ4v) is 3.43. The van der Waals surface area contributed by atoms with Crippen molar-refractivity contribution in [1.82, 2.24) is 0 Å². The van der Waals surface area contributed by atoms with Crippen LogP contribution in [0.15, 0.2) is 34.3 Å². The molecule has 1 saturated heterocycles. The largest absolute Gasteiger partial charge is 0.502 e. The van der Waals surface area contributed by atoms with Crippen molar-refractivity contribution in [3.8, 4) is 11.5 Å². The van der Waals surface area contributed by atoms with E-state index in [0.717, 1.165) is 23.1 Å². The molecule has 2 aromatic carbocycles. The number of nitrogens with zero attached hydrogens (tertiary/aromatic N) is 4. The lowest BCUT2D eigenvalue weighted by Crippen LogP contribution is -2.16. The molecule has 0 amide bonds. The average molecular weight is 426 g/mol. The van der Waals surface area contributed by atoms with Crippen LogP contribution >= 0.6 is 0 Å². The standard InChI is InChI=1S/C12H12N2O4.C8H6N2O3/c15-14(16)11-3-8-5-13-6-9(8)4-12(11)18-10-1-2-17-7-10;11-8-2-6-4-9-3-5(6)1-7(8)10(12)13/h3-5,10H,1-2,6-7H2;1-3,11H,4H2/t10-;/m0./s1. The van der Waals surface area contributed by atoms with Crippen molar-refractivity contribution in [3.05, 3.63) is 66.7 Å². The summed E-state index contributed by atoms with van der Waals surface area (Å²) in [5.74, 6) is 0.0222. The summed E-state index contributed by atoms with van der Waals surface area (Å²) in [6, 6.07) is 5.97. The molecule has 3 aliphatic heterocycles. The Balaban J connectivity index is 0.000000158. The number of benzene rings is 2. The molecule has 0 radical (unpaired) electrons. The van der Waals surface area contributed by atoms with Crippen molar-refractivity contribution in [2.24, 2.45) is 9.98 Å². The zero-order chi connectivity index (χ0) is 22.0. The third-order valence-corrected chi connectivity index (χ3v) is 5.02. The maximum Gasteiger partial charge on any atom is 0.311 e. The molecule has 0 aliphatic carbocycles. The van der Waals surface area contributed by atoms with Crippen molar-refractivity contribution in [2.45, 2.75) is 25.6 Å². The first-order valence-electron chi connectivity index (χ1n) is 9.48. The monoisotopic (exact) mass is 426 g/mol. The van der Waals surface area contributed by atoms with Crippen LogP contribution in [0.4, 0.5) is 11.4 Å². The molecule has 0 aromatic heterocycles. The molecule has 11 heteroatoms. The van der Waals surface area contributed by atoms with Gasteiger partial charge in [-0.25, -0.2) is 0 Å². The Labute approximate surface area is 176 Å². The van der Waals surface area contributed by atoms with Gasteiger partial charge >= 0.3 is 11.4 Å². The van der Waals surface area contributed by atoms with Crippen molar-refractivity contribution in [2.75, 3.05) is 13.2 Å². The number of phenolic OH excluding ortho intramolecular Hbond substituents is 1. The molecule has 2 aromatic rings. The summed E-state index contributed by atoms with van der Waals surface area (Å²) >= 11 is 0. The summed E-state index contributed by atoms with van der Waals surface area (Å²) in [6.45, 7) is 2.18. The van der Waals surface area contributed by atoms with Crippen LogP contribution in [0.5, 0.6) is 11.5 Å². The lowest BCUT2D eigenvalue weighted by Gasteiger charge is -2.12. The molecular formula is C20H18N4O7. The lowest BCUT2D eigenvalue weighted by molar-refractivity contribution is -0.386. The van der Waals surface area contributed by atoms with Gasteiger partial charge in [-0.1, -0.05) is 0 Å². The van der Waals surface area contributed by atoms with E-state index in [9.17, 15) is 25.3 Å². The Morgan fingerprint density at radius 2 is 1.58 bits per heavy atom. The lowest BCUT2D eigenvalue weighted by atomic mass is 10.1. The number of ether oxygens (including phenoxy) is 2. The van der Waals surface area contributed by atoms with E-state index < -0.39 is 9.85 Å². The molecule has 1 N–H and O–H groups in total. The van der Waals surface area contributed by atoms with Crippen molar-refractivity contribution in [1.29, 1.82) is 0 Å². The molecule has 3 aliphatic rings. The number of rotatable bonds is 4. The van der Waals surface area contributed by atoms with E-state index in [1.165, 1.54) is 18.2 Å². The second-order valence-electron chi connectivity index (χ2n) is 7.12. The van der Waals surface area contributed by atoms with Gasteiger partial charge in [-0.15, -0.1) is 0 Å². The van der Waals surface area contributed by atoms with Gasteiger partial charge in [0.05, 0.1) is 36.1 Å². The van der Waals surface area contributed by atoms with E-state index in [1.807, 2.05) is 0 Å². The molecule has 31 heavy (non-hydrogen) atoms. The highest BCUT2D eigenvalue weighted by molar-refractivity contribution is 5.87. The minimum atomic E-state index is -0.609. The Morgan fingerprint density at radius 1 is 0.968 bits per heavy atom. The average Bonchev–Trinajstić information content (AvgIpc) is 3.48. The highest BCUT2D eigenvalue weighted by atomic mass is 16.6. The van der Waals surface area contributed by atoms with Crippen LogP contribution in [0, 0.1) is 20.2 Å². The molecule has 0 saturated carbocycles. The summed E-state index contributed by atoms with van der Waals surface area (Å²) in [5, 5.41) is 30.7. The van der Waals surface area contributed by atoms with Gasteiger partial charge in [0.2, 0.25) is 0 Å². The first-order chi connectivity index (χ1) is 14.9. The molecule has 3 heterocycles. The van der Waals surface area contributed by atoms with Gasteiger partial charge in [0.1, 0.15) is 6.10 Å². The minimum Gasteiger partial charge on any atom is -0.502 e. The Kier molecular flexibility index (Phi) is 5.58. The molecule has 160 valence electrons.